The van der Waals surface area contributed by atoms with Crippen LogP contribution in [0.4, 0.5) is 5.82 Å². The van der Waals surface area contributed by atoms with Crippen molar-refractivity contribution in [2.24, 2.45) is 17.8 Å². The highest BCUT2D eigenvalue weighted by atomic mass is 35.5. The third-order valence-corrected chi connectivity index (χ3v) is 8.63. The van der Waals surface area contributed by atoms with Crippen LogP contribution in [0.15, 0.2) is 25.2 Å². The number of anilines is 1. The van der Waals surface area contributed by atoms with Gasteiger partial charge in [0.1, 0.15) is 17.8 Å². The first kappa shape index (κ1) is 43.5. The second-order valence-corrected chi connectivity index (χ2v) is 11.9. The van der Waals surface area contributed by atoms with Crippen molar-refractivity contribution >= 4 is 52.8 Å². The minimum absolute atomic E-state index is 0. The van der Waals surface area contributed by atoms with Crippen molar-refractivity contribution in [3.63, 3.8) is 0 Å². The third-order valence-electron chi connectivity index (χ3n) is 8.63. The van der Waals surface area contributed by atoms with Gasteiger partial charge in [0, 0.05) is 70.7 Å². The molecule has 0 saturated carbocycles. The highest BCUT2D eigenvalue weighted by Gasteiger charge is 2.30. The van der Waals surface area contributed by atoms with Crippen LogP contribution in [-0.2, 0) is 38.3 Å². The van der Waals surface area contributed by atoms with Gasteiger partial charge in [-0.2, -0.15) is 0 Å². The molecule has 4 aliphatic heterocycles. The number of halogens is 1. The van der Waals surface area contributed by atoms with Crippen LogP contribution in [-0.4, -0.2) is 141 Å². The quantitative estimate of drug-likeness (QED) is 0.165. The number of aromatic nitrogens is 3. The average molecular weight is 742 g/mol. The van der Waals surface area contributed by atoms with Crippen molar-refractivity contribution in [2.45, 2.75) is 38.1 Å². The molecule has 4 atom stereocenters. The molecule has 2 amide bonds. The lowest BCUT2D eigenvalue weighted by atomic mass is 9.97. The SMILES string of the molecule is C=CC(=O)N1CCC[C@@H](Nc2ncnc3[nH]cc(C(=O)[C@@H]4CCOC4)c23)C1.CNOC.CON(C)C(=O)C1CCOC1.Cl.O=C(O)C1CCOC1. The van der Waals surface area contributed by atoms with Crippen LogP contribution < -0.4 is 10.8 Å². The Morgan fingerprint density at radius 3 is 2.14 bits per heavy atom. The number of carbonyl (C=O) groups is 4. The summed E-state index contributed by atoms with van der Waals surface area (Å²) in [5.41, 5.74) is 3.66. The first-order valence-corrected chi connectivity index (χ1v) is 16.7. The Morgan fingerprint density at radius 2 is 1.63 bits per heavy atom. The minimum Gasteiger partial charge on any atom is -0.481 e. The Morgan fingerprint density at radius 1 is 1.02 bits per heavy atom. The maximum absolute atomic E-state index is 12.9. The number of piperidine rings is 1. The fourth-order valence-corrected chi connectivity index (χ4v) is 5.65. The highest BCUT2D eigenvalue weighted by molar-refractivity contribution is 6.11. The van der Waals surface area contributed by atoms with Gasteiger partial charge < -0.3 is 39.4 Å². The molecule has 0 aliphatic carbocycles. The number of amides is 2. The summed E-state index contributed by atoms with van der Waals surface area (Å²) in [5.74, 6) is -0.465. The van der Waals surface area contributed by atoms with Crippen molar-refractivity contribution in [1.82, 2.24) is 30.4 Å². The summed E-state index contributed by atoms with van der Waals surface area (Å²) in [6.45, 7) is 8.19. The van der Waals surface area contributed by atoms with E-state index in [1.165, 1.54) is 24.6 Å². The molecule has 2 aromatic rings. The normalized spacial score (nSPS) is 22.2. The number of rotatable bonds is 9. The van der Waals surface area contributed by atoms with E-state index in [4.69, 9.17) is 24.2 Å². The number of carbonyl (C=O) groups excluding carboxylic acids is 3. The summed E-state index contributed by atoms with van der Waals surface area (Å²) in [6, 6.07) is 0.0633. The van der Waals surface area contributed by atoms with E-state index in [2.05, 4.69) is 37.2 Å². The van der Waals surface area contributed by atoms with Crippen molar-refractivity contribution in [3.05, 3.63) is 30.7 Å². The Labute approximate surface area is 304 Å². The monoisotopic (exact) mass is 741 g/mol. The summed E-state index contributed by atoms with van der Waals surface area (Å²) in [5, 5.41) is 13.7. The lowest BCUT2D eigenvalue weighted by Gasteiger charge is -2.32. The topological polar surface area (TPSA) is 207 Å². The smallest absolute Gasteiger partial charge is 0.308 e. The molecule has 2 unspecified atom stereocenters. The van der Waals surface area contributed by atoms with E-state index in [9.17, 15) is 19.2 Å². The number of Topliss-reactive ketones (excluding diaryl/α,β-unsaturated/α-hetero) is 1. The van der Waals surface area contributed by atoms with Gasteiger partial charge in [0.15, 0.2) is 5.78 Å². The molecule has 4 fully saturated rings. The summed E-state index contributed by atoms with van der Waals surface area (Å²) in [6.07, 6.45) is 8.59. The van der Waals surface area contributed by atoms with Crippen LogP contribution in [0.25, 0.3) is 11.0 Å². The summed E-state index contributed by atoms with van der Waals surface area (Å²) in [4.78, 5) is 68.8. The van der Waals surface area contributed by atoms with Crippen molar-refractivity contribution in [3.8, 4) is 0 Å². The highest BCUT2D eigenvalue weighted by Crippen LogP contribution is 2.29. The fourth-order valence-electron chi connectivity index (χ4n) is 5.65. The predicted molar refractivity (Wildman–Crippen MR) is 189 cm³/mol. The van der Waals surface area contributed by atoms with Crippen LogP contribution in [0.2, 0.25) is 0 Å². The number of carboxylic acid groups (broad SMARTS) is 1. The molecule has 17 nitrogen and oxygen atoms in total. The number of hydroxylamine groups is 3. The van der Waals surface area contributed by atoms with Crippen LogP contribution in [0, 0.1) is 17.8 Å². The van der Waals surface area contributed by atoms with E-state index >= 15 is 0 Å². The van der Waals surface area contributed by atoms with Crippen molar-refractivity contribution < 1.29 is 48.2 Å². The number of hydrogen-bond donors (Lipinski definition) is 4. The Bertz CT molecular complexity index is 1390. The molecular formula is C33H52ClN7O10. The second kappa shape index (κ2) is 23.0. The van der Waals surface area contributed by atoms with E-state index in [-0.39, 0.29) is 53.8 Å². The number of hydrogen-bond acceptors (Lipinski definition) is 13. The molecular weight excluding hydrogens is 690 g/mol. The van der Waals surface area contributed by atoms with Gasteiger partial charge in [-0.1, -0.05) is 6.58 Å². The van der Waals surface area contributed by atoms with Crippen molar-refractivity contribution in [1.29, 1.82) is 0 Å². The van der Waals surface area contributed by atoms with Gasteiger partial charge in [-0.05, 0) is 38.2 Å². The summed E-state index contributed by atoms with van der Waals surface area (Å²) in [7, 11) is 6.37. The number of likely N-dealkylation sites (tertiary alicyclic amines) is 1. The molecule has 4 N–H and O–H groups in total. The zero-order chi connectivity index (χ0) is 36.5. The third kappa shape index (κ3) is 13.1. The Hall–Kier alpha value is -3.71. The molecule has 18 heteroatoms. The van der Waals surface area contributed by atoms with Crippen molar-refractivity contribution in [2.75, 3.05) is 86.4 Å². The van der Waals surface area contributed by atoms with E-state index in [0.717, 1.165) is 32.2 Å². The minimum atomic E-state index is -0.734. The van der Waals surface area contributed by atoms with Gasteiger partial charge >= 0.3 is 5.97 Å². The fraction of sp³-hybridized carbons (Fsp3) is 0.636. The number of fused-ring (bicyclic) bond motifs is 1. The molecule has 6 heterocycles. The molecule has 51 heavy (non-hydrogen) atoms. The van der Waals surface area contributed by atoms with Crippen LogP contribution >= 0.6 is 12.4 Å². The molecule has 286 valence electrons. The lowest BCUT2D eigenvalue weighted by Crippen LogP contribution is -2.44. The van der Waals surface area contributed by atoms with Gasteiger partial charge in [-0.15, -0.1) is 12.4 Å². The maximum Gasteiger partial charge on any atom is 0.308 e. The number of nitrogens with zero attached hydrogens (tertiary/aromatic N) is 4. The van der Waals surface area contributed by atoms with Crippen LogP contribution in [0.1, 0.15) is 42.5 Å². The zero-order valence-electron chi connectivity index (χ0n) is 29.8. The lowest BCUT2D eigenvalue weighted by molar-refractivity contribution is -0.173. The number of carboxylic acids is 1. The predicted octanol–water partition coefficient (Wildman–Crippen LogP) is 2.11. The van der Waals surface area contributed by atoms with E-state index in [1.54, 1.807) is 32.3 Å². The van der Waals surface area contributed by atoms with Crippen LogP contribution in [0.5, 0.6) is 0 Å². The standard InChI is InChI=1S/C19H23N5O3.C7H13NO3.C5H8O3.C2H7NO.ClH/c1-2-15(25)24-6-3-4-13(9-24)23-19-16-14(8-20-18(16)21-11-22-19)17(26)12-5-7-27-10-12;1-8(10-2)7(9)6-3-4-11-5-6;6-5(7)4-1-2-8-3-4;1-3-4-2;/h2,8,11-13H,1,3-7,9-10H2,(H2,20,21,22,23);6H,3-5H2,1-2H3;4H,1-3H2,(H,6,7);3H,1-2H3;1H/t12-,13-;;;;/m1..../s1. The largest absolute Gasteiger partial charge is 0.481 e. The van der Waals surface area contributed by atoms with Gasteiger partial charge in [-0.3, -0.25) is 24.0 Å². The number of ketones is 1. The molecule has 4 saturated heterocycles. The molecule has 2 aromatic heterocycles. The Kier molecular flexibility index (Phi) is 19.6. The van der Waals surface area contributed by atoms with E-state index in [0.29, 0.717) is 75.0 Å². The van der Waals surface area contributed by atoms with E-state index < -0.39 is 5.97 Å². The Balaban J connectivity index is 0.000000308. The number of aromatic amines is 1. The average Bonchev–Trinajstić information content (AvgIpc) is 3.99. The van der Waals surface area contributed by atoms with Crippen LogP contribution in [0.3, 0.4) is 0 Å². The first-order chi connectivity index (χ1) is 24.1. The van der Waals surface area contributed by atoms with Gasteiger partial charge in [0.2, 0.25) is 5.91 Å². The van der Waals surface area contributed by atoms with Gasteiger partial charge in [0.05, 0.1) is 51.3 Å². The maximum atomic E-state index is 12.9. The molecule has 4 aliphatic rings. The molecule has 0 aromatic carbocycles. The molecule has 6 rings (SSSR count). The zero-order valence-corrected chi connectivity index (χ0v) is 30.6. The number of nitrogens with one attached hydrogen (secondary N) is 3. The molecule has 0 spiro atoms. The van der Waals surface area contributed by atoms with E-state index in [1.807, 2.05) is 0 Å². The summed E-state index contributed by atoms with van der Waals surface area (Å²) >= 11 is 0. The second-order valence-electron chi connectivity index (χ2n) is 11.9. The molecule has 0 bridgehead atoms. The van der Waals surface area contributed by atoms with Gasteiger partial charge in [0.25, 0.3) is 5.91 Å². The van der Waals surface area contributed by atoms with Gasteiger partial charge in [-0.25, -0.2) is 20.5 Å². The number of ether oxygens (including phenoxy) is 3. The number of aliphatic carboxylic acids is 1. The summed E-state index contributed by atoms with van der Waals surface area (Å²) < 4.78 is 15.3. The first-order valence-electron chi connectivity index (χ1n) is 16.7. The number of H-pyrrole nitrogens is 1. The molecule has 0 radical (unpaired) electrons.